The van der Waals surface area contributed by atoms with Crippen LogP contribution in [0, 0.1) is 5.82 Å². The van der Waals surface area contributed by atoms with E-state index in [9.17, 15) is 9.18 Å². The van der Waals surface area contributed by atoms with Gasteiger partial charge in [0.25, 0.3) is 0 Å². The zero-order chi connectivity index (χ0) is 19.4. The lowest BCUT2D eigenvalue weighted by atomic mass is 10.2. The lowest BCUT2D eigenvalue weighted by molar-refractivity contribution is -0.127. The van der Waals surface area contributed by atoms with Crippen molar-refractivity contribution < 1.29 is 13.9 Å². The number of fused-ring (bicyclic) bond motifs is 1. The molecule has 1 heterocycles. The number of aromatic nitrogens is 2. The number of aryl methyl sites for hydroxylation is 1. The number of rotatable bonds is 7. The molecule has 1 aromatic heterocycles. The summed E-state index contributed by atoms with van der Waals surface area (Å²) >= 11 is 1.42. The molecule has 7 heteroatoms. The Hall–Kier alpha value is -2.54. The number of para-hydroxylation sites is 2. The second-order valence-corrected chi connectivity index (χ2v) is 7.08. The first kappa shape index (κ1) is 19.2. The van der Waals surface area contributed by atoms with Gasteiger partial charge in [0, 0.05) is 20.1 Å². The van der Waals surface area contributed by atoms with Gasteiger partial charge in [0.1, 0.15) is 0 Å². The van der Waals surface area contributed by atoms with Gasteiger partial charge in [-0.1, -0.05) is 30.0 Å². The van der Waals surface area contributed by atoms with Gasteiger partial charge in [0.05, 0.1) is 23.9 Å². The summed E-state index contributed by atoms with van der Waals surface area (Å²) in [5.74, 6) is 0.00734. The third-order valence-electron chi connectivity index (χ3n) is 4.32. The highest BCUT2D eigenvalue weighted by Crippen LogP contribution is 2.24. The Kier molecular flexibility index (Phi) is 6.01. The minimum absolute atomic E-state index is 0.0362. The van der Waals surface area contributed by atoms with Crippen molar-refractivity contribution in [2.24, 2.45) is 0 Å². The van der Waals surface area contributed by atoms with Gasteiger partial charge in [0.15, 0.2) is 16.7 Å². The Morgan fingerprint density at radius 3 is 2.78 bits per heavy atom. The molecule has 0 unspecified atom stereocenters. The maximum Gasteiger partial charge on any atom is 0.233 e. The molecule has 5 nitrogen and oxygen atoms in total. The van der Waals surface area contributed by atoms with Crippen LogP contribution in [-0.2, 0) is 17.9 Å². The Bertz CT molecular complexity index is 958. The molecule has 0 aliphatic heterocycles. The van der Waals surface area contributed by atoms with Crippen LogP contribution in [0.5, 0.6) is 5.75 Å². The van der Waals surface area contributed by atoms with Crippen molar-refractivity contribution in [2.45, 2.75) is 25.2 Å². The average Bonchev–Trinajstić information content (AvgIpc) is 3.03. The van der Waals surface area contributed by atoms with E-state index in [4.69, 9.17) is 4.74 Å². The fraction of sp³-hybridized carbons (Fsp3) is 0.300. The SMILES string of the molecule is CCn1c(SCC(=O)N(C)Cc2ccc(OC)c(F)c2)nc2ccccc21. The van der Waals surface area contributed by atoms with Crippen LogP contribution in [0.3, 0.4) is 0 Å². The van der Waals surface area contributed by atoms with Gasteiger partial charge in [-0.25, -0.2) is 9.37 Å². The van der Waals surface area contributed by atoms with Crippen molar-refractivity contribution in [3.05, 3.63) is 53.8 Å². The lowest BCUT2D eigenvalue weighted by Crippen LogP contribution is -2.28. The second-order valence-electron chi connectivity index (χ2n) is 6.13. The number of thioether (sulfide) groups is 1. The number of halogens is 1. The summed E-state index contributed by atoms with van der Waals surface area (Å²) < 4.78 is 20.8. The molecule has 1 amide bonds. The highest BCUT2D eigenvalue weighted by Gasteiger charge is 2.15. The van der Waals surface area contributed by atoms with Crippen molar-refractivity contribution in [1.82, 2.24) is 14.5 Å². The zero-order valence-corrected chi connectivity index (χ0v) is 16.4. The molecule has 0 aliphatic rings. The van der Waals surface area contributed by atoms with E-state index in [-0.39, 0.29) is 17.4 Å². The topological polar surface area (TPSA) is 47.4 Å². The molecule has 0 spiro atoms. The molecule has 2 aromatic carbocycles. The third kappa shape index (κ3) is 4.24. The predicted molar refractivity (Wildman–Crippen MR) is 106 cm³/mol. The molecule has 0 bridgehead atoms. The Morgan fingerprint density at radius 2 is 2.07 bits per heavy atom. The molecule has 3 aromatic rings. The number of ether oxygens (including phenoxy) is 1. The summed E-state index contributed by atoms with van der Waals surface area (Å²) in [5.41, 5.74) is 2.71. The van der Waals surface area contributed by atoms with Crippen LogP contribution in [0.4, 0.5) is 4.39 Å². The first-order valence-electron chi connectivity index (χ1n) is 8.68. The van der Waals surface area contributed by atoms with E-state index in [0.29, 0.717) is 6.54 Å². The van der Waals surface area contributed by atoms with Crippen molar-refractivity contribution >= 4 is 28.7 Å². The maximum atomic E-state index is 13.8. The van der Waals surface area contributed by atoms with E-state index in [1.807, 2.05) is 24.3 Å². The van der Waals surface area contributed by atoms with Gasteiger partial charge in [-0.15, -0.1) is 0 Å². The van der Waals surface area contributed by atoms with E-state index in [1.165, 1.54) is 24.9 Å². The number of imidazole rings is 1. The average molecular weight is 387 g/mol. The first-order chi connectivity index (χ1) is 13.0. The zero-order valence-electron chi connectivity index (χ0n) is 15.6. The highest BCUT2D eigenvalue weighted by molar-refractivity contribution is 7.99. The summed E-state index contributed by atoms with van der Waals surface area (Å²) in [5, 5.41) is 0.830. The van der Waals surface area contributed by atoms with E-state index < -0.39 is 5.82 Å². The van der Waals surface area contributed by atoms with Crippen LogP contribution in [-0.4, -0.2) is 40.3 Å². The van der Waals surface area contributed by atoms with Crippen LogP contribution < -0.4 is 4.74 Å². The van der Waals surface area contributed by atoms with Crippen LogP contribution in [0.25, 0.3) is 11.0 Å². The van der Waals surface area contributed by atoms with Gasteiger partial charge in [0.2, 0.25) is 5.91 Å². The Labute approximate surface area is 162 Å². The van der Waals surface area contributed by atoms with Gasteiger partial charge in [-0.05, 0) is 36.8 Å². The summed E-state index contributed by atoms with van der Waals surface area (Å²) in [6, 6.07) is 12.7. The molecular formula is C20H22FN3O2S. The number of amides is 1. The third-order valence-corrected chi connectivity index (χ3v) is 5.28. The number of methoxy groups -OCH3 is 1. The van der Waals surface area contributed by atoms with Crippen molar-refractivity contribution in [3.8, 4) is 5.75 Å². The molecule has 0 radical (unpaired) electrons. The van der Waals surface area contributed by atoms with E-state index >= 15 is 0 Å². The van der Waals surface area contributed by atoms with E-state index in [0.717, 1.165) is 28.3 Å². The summed E-state index contributed by atoms with van der Waals surface area (Å²) in [6.07, 6.45) is 0. The van der Waals surface area contributed by atoms with Gasteiger partial charge < -0.3 is 14.2 Å². The molecule has 27 heavy (non-hydrogen) atoms. The molecule has 142 valence electrons. The van der Waals surface area contributed by atoms with E-state index in [1.54, 1.807) is 24.1 Å². The molecule has 3 rings (SSSR count). The number of nitrogens with zero attached hydrogens (tertiary/aromatic N) is 3. The van der Waals surface area contributed by atoms with Crippen LogP contribution in [0.1, 0.15) is 12.5 Å². The Morgan fingerprint density at radius 1 is 1.30 bits per heavy atom. The highest BCUT2D eigenvalue weighted by atomic mass is 32.2. The molecule has 0 saturated carbocycles. The van der Waals surface area contributed by atoms with Crippen LogP contribution >= 0.6 is 11.8 Å². The van der Waals surface area contributed by atoms with E-state index in [2.05, 4.69) is 16.5 Å². The molecule has 0 atom stereocenters. The number of carbonyl (C=O) groups is 1. The molecule has 0 aliphatic carbocycles. The van der Waals surface area contributed by atoms with Crippen molar-refractivity contribution in [2.75, 3.05) is 19.9 Å². The second kappa shape index (κ2) is 8.43. The largest absolute Gasteiger partial charge is 0.494 e. The minimum Gasteiger partial charge on any atom is -0.494 e. The van der Waals surface area contributed by atoms with Gasteiger partial charge in [-0.3, -0.25) is 4.79 Å². The number of benzene rings is 2. The molecule has 0 N–H and O–H groups in total. The monoisotopic (exact) mass is 387 g/mol. The summed E-state index contributed by atoms with van der Waals surface area (Å²) in [6.45, 7) is 3.19. The normalized spacial score (nSPS) is 11.0. The van der Waals surface area contributed by atoms with Crippen molar-refractivity contribution in [3.63, 3.8) is 0 Å². The minimum atomic E-state index is -0.429. The smallest absolute Gasteiger partial charge is 0.233 e. The fourth-order valence-corrected chi connectivity index (χ4v) is 3.90. The Balaban J connectivity index is 1.64. The summed E-state index contributed by atoms with van der Waals surface area (Å²) in [4.78, 5) is 18.7. The molecular weight excluding hydrogens is 365 g/mol. The lowest BCUT2D eigenvalue weighted by Gasteiger charge is -2.17. The van der Waals surface area contributed by atoms with Crippen molar-refractivity contribution in [1.29, 1.82) is 0 Å². The fourth-order valence-electron chi connectivity index (χ4n) is 2.88. The van der Waals surface area contributed by atoms with Crippen LogP contribution in [0.15, 0.2) is 47.6 Å². The number of carbonyl (C=O) groups excluding carboxylic acids is 1. The first-order valence-corrected chi connectivity index (χ1v) is 9.66. The number of hydrogen-bond acceptors (Lipinski definition) is 4. The number of hydrogen-bond donors (Lipinski definition) is 0. The molecule has 0 fully saturated rings. The van der Waals surface area contributed by atoms with Crippen LogP contribution in [0.2, 0.25) is 0 Å². The van der Waals surface area contributed by atoms with Gasteiger partial charge in [-0.2, -0.15) is 0 Å². The standard InChI is InChI=1S/C20H22FN3O2S/c1-4-24-17-8-6-5-7-16(17)22-20(24)27-13-19(25)23(2)12-14-9-10-18(26-3)15(21)11-14/h5-11H,4,12-13H2,1-3H3. The quantitative estimate of drug-likeness (QED) is 0.576. The van der Waals surface area contributed by atoms with Gasteiger partial charge >= 0.3 is 0 Å². The summed E-state index contributed by atoms with van der Waals surface area (Å²) in [7, 11) is 3.14. The maximum absolute atomic E-state index is 13.8. The predicted octanol–water partition coefficient (Wildman–Crippen LogP) is 3.95. The molecule has 0 saturated heterocycles.